The maximum absolute atomic E-state index is 5.55. The monoisotopic (exact) mass is 214 g/mol. The molecule has 0 radical (unpaired) electrons. The van der Waals surface area contributed by atoms with Gasteiger partial charge >= 0.3 is 0 Å². The van der Waals surface area contributed by atoms with E-state index in [0.29, 0.717) is 11.6 Å². The molecule has 2 heterocycles. The predicted molar refractivity (Wildman–Crippen MR) is 60.6 cm³/mol. The van der Waals surface area contributed by atoms with Crippen LogP contribution in [0.25, 0.3) is 22.4 Å². The van der Waals surface area contributed by atoms with Gasteiger partial charge in [0.15, 0.2) is 11.6 Å². The van der Waals surface area contributed by atoms with Gasteiger partial charge in [-0.2, -0.15) is 0 Å². The smallest absolute Gasteiger partial charge is 0.171 e. The van der Waals surface area contributed by atoms with Crippen LogP contribution in [0.1, 0.15) is 0 Å². The zero-order valence-corrected chi connectivity index (χ0v) is 8.71. The molecule has 0 fully saturated rings. The number of hydrogen-bond donors (Lipinski definition) is 1. The van der Waals surface area contributed by atoms with E-state index in [4.69, 9.17) is 10.3 Å². The van der Waals surface area contributed by atoms with Crippen molar-refractivity contribution in [1.82, 2.24) is 14.7 Å². The molecule has 0 saturated heterocycles. The van der Waals surface area contributed by atoms with E-state index in [1.165, 1.54) is 0 Å². The first-order valence-corrected chi connectivity index (χ1v) is 4.88. The lowest BCUT2D eigenvalue weighted by molar-refractivity contribution is 0.436. The number of fused-ring (bicyclic) bond motifs is 1. The number of aryl methyl sites for hydroxylation is 1. The summed E-state index contributed by atoms with van der Waals surface area (Å²) in [6.45, 7) is 0. The quantitative estimate of drug-likeness (QED) is 0.670. The van der Waals surface area contributed by atoms with Crippen molar-refractivity contribution in [2.45, 2.75) is 0 Å². The molecular weight excluding hydrogens is 204 g/mol. The maximum Gasteiger partial charge on any atom is 0.171 e. The summed E-state index contributed by atoms with van der Waals surface area (Å²) >= 11 is 0. The standard InChI is InChI=1S/C11H10N4O/c1-15-6-13-8-4-2-3-7(11(8)15)9-5-10(12)14-16-9/h2-6H,1H3,(H2,12,14). The fraction of sp³-hybridized carbons (Fsp3) is 0.0909. The lowest BCUT2D eigenvalue weighted by atomic mass is 10.1. The third kappa shape index (κ3) is 1.18. The van der Waals surface area contributed by atoms with Crippen LogP contribution in [0, 0.1) is 0 Å². The number of anilines is 1. The third-order valence-electron chi connectivity index (χ3n) is 2.53. The molecule has 0 atom stereocenters. The van der Waals surface area contributed by atoms with Crippen LogP contribution < -0.4 is 5.73 Å². The highest BCUT2D eigenvalue weighted by atomic mass is 16.5. The number of hydrogen-bond acceptors (Lipinski definition) is 4. The van der Waals surface area contributed by atoms with Gasteiger partial charge in [-0.1, -0.05) is 11.2 Å². The topological polar surface area (TPSA) is 69.9 Å². The van der Waals surface area contributed by atoms with E-state index < -0.39 is 0 Å². The zero-order chi connectivity index (χ0) is 11.1. The Kier molecular flexibility index (Phi) is 1.73. The van der Waals surface area contributed by atoms with Gasteiger partial charge in [0.05, 0.1) is 17.4 Å². The first-order valence-electron chi connectivity index (χ1n) is 4.88. The SMILES string of the molecule is Cn1cnc2cccc(-c3cc(N)no3)c21. The number of rotatable bonds is 1. The Balaban J connectivity index is 2.34. The van der Waals surface area contributed by atoms with Crippen LogP contribution >= 0.6 is 0 Å². The molecule has 0 spiro atoms. The molecule has 1 aromatic carbocycles. The summed E-state index contributed by atoms with van der Waals surface area (Å²) in [5, 5.41) is 3.69. The maximum atomic E-state index is 5.55. The summed E-state index contributed by atoms with van der Waals surface area (Å²) in [5.74, 6) is 1.04. The Morgan fingerprint density at radius 2 is 2.25 bits per heavy atom. The fourth-order valence-electron chi connectivity index (χ4n) is 1.83. The van der Waals surface area contributed by atoms with Crippen molar-refractivity contribution in [3.63, 3.8) is 0 Å². The van der Waals surface area contributed by atoms with Gasteiger partial charge in [-0.15, -0.1) is 0 Å². The lowest BCUT2D eigenvalue weighted by Crippen LogP contribution is -1.87. The van der Waals surface area contributed by atoms with E-state index in [1.807, 2.05) is 29.8 Å². The van der Waals surface area contributed by atoms with Gasteiger partial charge in [-0.05, 0) is 12.1 Å². The largest absolute Gasteiger partial charge is 0.381 e. The molecule has 80 valence electrons. The molecule has 2 aromatic heterocycles. The highest BCUT2D eigenvalue weighted by Gasteiger charge is 2.11. The highest BCUT2D eigenvalue weighted by molar-refractivity contribution is 5.90. The minimum atomic E-state index is 0.383. The van der Waals surface area contributed by atoms with E-state index in [9.17, 15) is 0 Å². The van der Waals surface area contributed by atoms with E-state index in [2.05, 4.69) is 10.1 Å². The van der Waals surface area contributed by atoms with E-state index >= 15 is 0 Å². The number of aromatic nitrogens is 3. The molecule has 16 heavy (non-hydrogen) atoms. The van der Waals surface area contributed by atoms with Crippen LogP contribution in [-0.2, 0) is 7.05 Å². The molecule has 3 rings (SSSR count). The molecule has 0 aliphatic carbocycles. The van der Waals surface area contributed by atoms with Crippen LogP contribution in [0.3, 0.4) is 0 Å². The summed E-state index contributed by atoms with van der Waals surface area (Å²) in [7, 11) is 1.94. The van der Waals surface area contributed by atoms with Crippen molar-refractivity contribution < 1.29 is 4.52 Å². The number of imidazole rings is 1. The Labute approximate surface area is 91.5 Å². The first kappa shape index (κ1) is 8.96. The average Bonchev–Trinajstić information content (AvgIpc) is 2.86. The second-order valence-electron chi connectivity index (χ2n) is 3.64. The molecule has 2 N–H and O–H groups in total. The van der Waals surface area contributed by atoms with Crippen LogP contribution in [0.2, 0.25) is 0 Å². The molecular formula is C11H10N4O. The summed E-state index contributed by atoms with van der Waals surface area (Å²) in [5.41, 5.74) is 8.43. The molecule has 0 bridgehead atoms. The number of benzene rings is 1. The van der Waals surface area contributed by atoms with Crippen molar-refractivity contribution in [3.05, 3.63) is 30.6 Å². The molecule has 0 aliphatic rings. The summed E-state index contributed by atoms with van der Waals surface area (Å²) in [4.78, 5) is 4.28. The van der Waals surface area contributed by atoms with Crippen molar-refractivity contribution >= 4 is 16.9 Å². The lowest BCUT2D eigenvalue weighted by Gasteiger charge is -2.00. The number of para-hydroxylation sites is 1. The fourth-order valence-corrected chi connectivity index (χ4v) is 1.83. The summed E-state index contributed by atoms with van der Waals surface area (Å²) < 4.78 is 7.11. The van der Waals surface area contributed by atoms with Gasteiger partial charge in [-0.3, -0.25) is 0 Å². The van der Waals surface area contributed by atoms with Gasteiger partial charge in [0.1, 0.15) is 0 Å². The van der Waals surface area contributed by atoms with Crippen LogP contribution in [0.5, 0.6) is 0 Å². The average molecular weight is 214 g/mol. The number of nitrogens with two attached hydrogens (primary N) is 1. The minimum Gasteiger partial charge on any atom is -0.381 e. The van der Waals surface area contributed by atoms with Crippen LogP contribution in [0.4, 0.5) is 5.82 Å². The zero-order valence-electron chi connectivity index (χ0n) is 8.71. The van der Waals surface area contributed by atoms with Crippen molar-refractivity contribution in [1.29, 1.82) is 0 Å². The van der Waals surface area contributed by atoms with Crippen LogP contribution in [-0.4, -0.2) is 14.7 Å². The number of nitrogens with zero attached hydrogens (tertiary/aromatic N) is 3. The van der Waals surface area contributed by atoms with E-state index in [-0.39, 0.29) is 0 Å². The second kappa shape index (κ2) is 3.10. The first-order chi connectivity index (χ1) is 7.75. The molecule has 5 heteroatoms. The van der Waals surface area contributed by atoms with Crippen molar-refractivity contribution in [2.75, 3.05) is 5.73 Å². The Bertz CT molecular complexity index is 653. The molecule has 0 saturated carbocycles. The third-order valence-corrected chi connectivity index (χ3v) is 2.53. The van der Waals surface area contributed by atoms with E-state index in [1.54, 1.807) is 12.4 Å². The van der Waals surface area contributed by atoms with Gasteiger partial charge < -0.3 is 14.8 Å². The number of nitrogen functional groups attached to an aromatic ring is 1. The molecule has 0 amide bonds. The molecule has 3 aromatic rings. The second-order valence-corrected chi connectivity index (χ2v) is 3.64. The van der Waals surface area contributed by atoms with Gasteiger partial charge in [0, 0.05) is 18.7 Å². The van der Waals surface area contributed by atoms with E-state index in [0.717, 1.165) is 16.6 Å². The van der Waals surface area contributed by atoms with Gasteiger partial charge in [-0.25, -0.2) is 4.98 Å². The Hall–Kier alpha value is -2.30. The van der Waals surface area contributed by atoms with Gasteiger partial charge in [0.2, 0.25) is 0 Å². The molecule has 0 aliphatic heterocycles. The molecule has 0 unspecified atom stereocenters. The highest BCUT2D eigenvalue weighted by Crippen LogP contribution is 2.28. The summed E-state index contributed by atoms with van der Waals surface area (Å²) in [6, 6.07) is 7.56. The minimum absolute atomic E-state index is 0.383. The van der Waals surface area contributed by atoms with Crippen molar-refractivity contribution in [2.24, 2.45) is 7.05 Å². The Morgan fingerprint density at radius 3 is 3.00 bits per heavy atom. The Morgan fingerprint density at radius 1 is 1.38 bits per heavy atom. The van der Waals surface area contributed by atoms with Crippen LogP contribution in [0.15, 0.2) is 35.1 Å². The normalized spacial score (nSPS) is 11.1. The van der Waals surface area contributed by atoms with Crippen molar-refractivity contribution in [3.8, 4) is 11.3 Å². The van der Waals surface area contributed by atoms with Gasteiger partial charge in [0.25, 0.3) is 0 Å². The molecule has 5 nitrogen and oxygen atoms in total. The summed E-state index contributed by atoms with van der Waals surface area (Å²) in [6.07, 6.45) is 1.77. The predicted octanol–water partition coefficient (Wildman–Crippen LogP) is 1.81.